The van der Waals surface area contributed by atoms with Crippen LogP contribution < -0.4 is 21.7 Å². The summed E-state index contributed by atoms with van der Waals surface area (Å²) in [6.07, 6.45) is 1.56. The fraction of sp³-hybridized carbons (Fsp3) is 0.542. The molecule has 0 radical (unpaired) electrons. The van der Waals surface area contributed by atoms with Crippen molar-refractivity contribution >= 4 is 41.4 Å². The van der Waals surface area contributed by atoms with E-state index >= 15 is 0 Å². The van der Waals surface area contributed by atoms with Gasteiger partial charge in [-0.3, -0.25) is 19.2 Å². The van der Waals surface area contributed by atoms with Gasteiger partial charge in [0.05, 0.1) is 6.04 Å². The number of aliphatic carboxylic acids is 2. The molecule has 11 nitrogen and oxygen atoms in total. The zero-order valence-electron chi connectivity index (χ0n) is 20.7. The number of amides is 3. The smallest absolute Gasteiger partial charge is 0.326 e. The average Bonchev–Trinajstić information content (AvgIpc) is 2.82. The third-order valence-electron chi connectivity index (χ3n) is 5.39. The second-order valence-electron chi connectivity index (χ2n) is 8.70. The minimum Gasteiger partial charge on any atom is -0.481 e. The summed E-state index contributed by atoms with van der Waals surface area (Å²) in [6.45, 7) is 3.47. The minimum absolute atomic E-state index is 0.205. The van der Waals surface area contributed by atoms with Gasteiger partial charge < -0.3 is 31.9 Å². The summed E-state index contributed by atoms with van der Waals surface area (Å²) in [5, 5.41) is 25.7. The first-order chi connectivity index (χ1) is 17.0. The van der Waals surface area contributed by atoms with E-state index in [4.69, 9.17) is 10.8 Å². The molecule has 0 bridgehead atoms. The zero-order valence-corrected chi connectivity index (χ0v) is 21.5. The van der Waals surface area contributed by atoms with Crippen LogP contribution in [0.15, 0.2) is 30.3 Å². The molecular weight excluding hydrogens is 488 g/mol. The van der Waals surface area contributed by atoms with E-state index < -0.39 is 60.2 Å². The summed E-state index contributed by atoms with van der Waals surface area (Å²) in [4.78, 5) is 60.8. The molecule has 0 spiro atoms. The van der Waals surface area contributed by atoms with Crippen LogP contribution in [0.4, 0.5) is 0 Å². The van der Waals surface area contributed by atoms with E-state index in [9.17, 15) is 29.1 Å². The molecule has 1 aromatic carbocycles. The number of carbonyl (C=O) groups is 5. The molecule has 36 heavy (non-hydrogen) atoms. The van der Waals surface area contributed by atoms with Gasteiger partial charge in [0.25, 0.3) is 0 Å². The van der Waals surface area contributed by atoms with Crippen molar-refractivity contribution in [2.24, 2.45) is 11.7 Å². The Morgan fingerprint density at radius 1 is 0.889 bits per heavy atom. The molecule has 0 aliphatic carbocycles. The molecule has 12 heteroatoms. The van der Waals surface area contributed by atoms with Crippen molar-refractivity contribution in [3.63, 3.8) is 0 Å². The predicted molar refractivity (Wildman–Crippen MR) is 136 cm³/mol. The lowest BCUT2D eigenvalue weighted by atomic mass is 10.0. The predicted octanol–water partition coefficient (Wildman–Crippen LogP) is 0.369. The van der Waals surface area contributed by atoms with E-state index in [1.165, 1.54) is 11.8 Å². The van der Waals surface area contributed by atoms with E-state index in [2.05, 4.69) is 16.0 Å². The number of carboxylic acids is 2. The van der Waals surface area contributed by atoms with Crippen LogP contribution in [0.1, 0.15) is 38.7 Å². The average molecular weight is 525 g/mol. The van der Waals surface area contributed by atoms with Crippen molar-refractivity contribution in [3.8, 4) is 0 Å². The summed E-state index contributed by atoms with van der Waals surface area (Å²) < 4.78 is 0. The normalized spacial score (nSPS) is 14.2. The van der Waals surface area contributed by atoms with Crippen molar-refractivity contribution < 1.29 is 34.2 Å². The van der Waals surface area contributed by atoms with E-state index in [1.807, 2.05) is 36.6 Å². The maximum Gasteiger partial charge on any atom is 0.326 e. The van der Waals surface area contributed by atoms with Crippen molar-refractivity contribution in [1.29, 1.82) is 0 Å². The van der Waals surface area contributed by atoms with Crippen molar-refractivity contribution in [3.05, 3.63) is 35.9 Å². The number of nitrogens with one attached hydrogen (secondary N) is 3. The number of hydrogen-bond donors (Lipinski definition) is 6. The third kappa shape index (κ3) is 11.1. The van der Waals surface area contributed by atoms with Crippen LogP contribution in [0.2, 0.25) is 0 Å². The highest BCUT2D eigenvalue weighted by Crippen LogP contribution is 2.08. The van der Waals surface area contributed by atoms with E-state index in [1.54, 1.807) is 13.8 Å². The number of benzene rings is 1. The third-order valence-corrected chi connectivity index (χ3v) is 6.03. The van der Waals surface area contributed by atoms with Crippen molar-refractivity contribution in [2.45, 2.75) is 63.7 Å². The van der Waals surface area contributed by atoms with Gasteiger partial charge in [0, 0.05) is 6.42 Å². The van der Waals surface area contributed by atoms with Gasteiger partial charge >= 0.3 is 11.9 Å². The molecular formula is C24H36N4O7S. The Labute approximate surface area is 215 Å². The molecule has 0 heterocycles. The Balaban J connectivity index is 2.89. The first kappa shape index (κ1) is 30.9. The van der Waals surface area contributed by atoms with Gasteiger partial charge in [0.2, 0.25) is 17.7 Å². The first-order valence-electron chi connectivity index (χ1n) is 11.6. The number of carboxylic acid groups (broad SMARTS) is 2. The monoisotopic (exact) mass is 524 g/mol. The summed E-state index contributed by atoms with van der Waals surface area (Å²) >= 11 is 1.43. The Bertz CT molecular complexity index is 898. The molecule has 1 aromatic rings. The van der Waals surface area contributed by atoms with Crippen molar-refractivity contribution in [2.75, 3.05) is 12.0 Å². The Morgan fingerprint density at radius 2 is 1.50 bits per heavy atom. The molecule has 7 N–H and O–H groups in total. The molecule has 0 saturated carbocycles. The van der Waals surface area contributed by atoms with Crippen LogP contribution in [0.3, 0.4) is 0 Å². The highest BCUT2D eigenvalue weighted by Gasteiger charge is 2.31. The number of nitrogens with two attached hydrogens (primary N) is 1. The molecule has 0 fully saturated rings. The second kappa shape index (κ2) is 15.8. The highest BCUT2D eigenvalue weighted by molar-refractivity contribution is 7.98. The quantitative estimate of drug-likeness (QED) is 0.177. The molecule has 0 aromatic heterocycles. The maximum atomic E-state index is 13.1. The number of hydrogen-bond acceptors (Lipinski definition) is 7. The molecule has 0 aliphatic rings. The number of carbonyl (C=O) groups excluding carboxylic acids is 3. The fourth-order valence-electron chi connectivity index (χ4n) is 3.32. The number of rotatable bonds is 16. The van der Waals surface area contributed by atoms with Gasteiger partial charge in [0.1, 0.15) is 18.1 Å². The zero-order chi connectivity index (χ0) is 27.3. The topological polar surface area (TPSA) is 188 Å². The summed E-state index contributed by atoms with van der Waals surface area (Å²) in [5.41, 5.74) is 6.91. The highest BCUT2D eigenvalue weighted by atomic mass is 32.2. The Kier molecular flexibility index (Phi) is 13.6. The Hall–Kier alpha value is -3.12. The van der Waals surface area contributed by atoms with Crippen LogP contribution in [-0.2, 0) is 30.4 Å². The largest absolute Gasteiger partial charge is 0.481 e. The van der Waals surface area contributed by atoms with Gasteiger partial charge in [0.15, 0.2) is 0 Å². The van der Waals surface area contributed by atoms with Gasteiger partial charge in [-0.15, -0.1) is 0 Å². The standard InChI is InChI=1S/C24H36N4O7S/c1-14(2)20(28-21(31)16(25)13-15-7-5-4-6-8-15)23(33)26-17(11-12-36-3)22(32)27-18(24(34)35)9-10-19(29)30/h4-8,14,16-18,20H,9-13,25H2,1-3H3,(H,26,33)(H,27,32)(H,28,31)(H,29,30)(H,34,35). The number of thioether (sulfide) groups is 1. The minimum atomic E-state index is -1.42. The lowest BCUT2D eigenvalue weighted by Crippen LogP contribution is -2.58. The molecule has 3 amide bonds. The van der Waals surface area contributed by atoms with Gasteiger partial charge in [-0.2, -0.15) is 11.8 Å². The maximum absolute atomic E-state index is 13.1. The summed E-state index contributed by atoms with van der Waals surface area (Å²) in [7, 11) is 0. The van der Waals surface area contributed by atoms with E-state index in [-0.39, 0.29) is 25.2 Å². The molecule has 4 unspecified atom stereocenters. The van der Waals surface area contributed by atoms with Gasteiger partial charge in [-0.05, 0) is 42.8 Å². The van der Waals surface area contributed by atoms with Gasteiger partial charge in [-0.1, -0.05) is 44.2 Å². The Morgan fingerprint density at radius 3 is 2.03 bits per heavy atom. The summed E-state index contributed by atoms with van der Waals surface area (Å²) in [5.74, 6) is -4.27. The van der Waals surface area contributed by atoms with E-state index in [0.29, 0.717) is 5.75 Å². The van der Waals surface area contributed by atoms with Crippen LogP contribution in [0.25, 0.3) is 0 Å². The molecule has 4 atom stereocenters. The second-order valence-corrected chi connectivity index (χ2v) is 9.69. The van der Waals surface area contributed by atoms with Crippen LogP contribution in [0.5, 0.6) is 0 Å². The van der Waals surface area contributed by atoms with Crippen LogP contribution in [0, 0.1) is 5.92 Å². The first-order valence-corrected chi connectivity index (χ1v) is 13.0. The van der Waals surface area contributed by atoms with Crippen LogP contribution in [-0.4, -0.2) is 76.0 Å². The molecule has 200 valence electrons. The van der Waals surface area contributed by atoms with Crippen LogP contribution >= 0.6 is 11.8 Å². The van der Waals surface area contributed by atoms with Gasteiger partial charge in [-0.25, -0.2) is 4.79 Å². The van der Waals surface area contributed by atoms with E-state index in [0.717, 1.165) is 5.56 Å². The lowest BCUT2D eigenvalue weighted by Gasteiger charge is -2.27. The van der Waals surface area contributed by atoms with Crippen molar-refractivity contribution in [1.82, 2.24) is 16.0 Å². The molecule has 0 aliphatic heterocycles. The lowest BCUT2D eigenvalue weighted by molar-refractivity contribution is -0.143. The molecule has 0 saturated heterocycles. The SMILES string of the molecule is CSCCC(NC(=O)C(NC(=O)C(N)Cc1ccccc1)C(C)C)C(=O)NC(CCC(=O)O)C(=O)O. The summed E-state index contributed by atoms with van der Waals surface area (Å²) in [6, 6.07) is 4.84. The molecule has 1 rings (SSSR count). The fourth-order valence-corrected chi connectivity index (χ4v) is 3.79.